The molecule has 0 saturated heterocycles. The molecule has 0 spiro atoms. The number of phenols is 1. The van der Waals surface area contributed by atoms with Gasteiger partial charge in [0.1, 0.15) is 17.4 Å². The Morgan fingerprint density at radius 2 is 1.80 bits per heavy atom. The Morgan fingerprint density at radius 3 is 2.50 bits per heavy atom. The molecule has 106 valence electrons. The second kappa shape index (κ2) is 6.16. The van der Waals surface area contributed by atoms with E-state index in [4.69, 9.17) is 23.2 Å². The molecule has 0 atom stereocenters. The maximum atomic E-state index is 13.6. The van der Waals surface area contributed by atoms with E-state index in [1.54, 1.807) is 0 Å². The highest BCUT2D eigenvalue weighted by Gasteiger charge is 2.11. The molecule has 0 bridgehead atoms. The van der Waals surface area contributed by atoms with E-state index in [2.05, 4.69) is 21.2 Å². The molecule has 0 aliphatic heterocycles. The minimum absolute atomic E-state index is 0.0267. The molecule has 2 aromatic carbocycles. The third-order valence-electron chi connectivity index (χ3n) is 2.59. The van der Waals surface area contributed by atoms with Gasteiger partial charge in [0.25, 0.3) is 0 Å². The number of halogens is 5. The van der Waals surface area contributed by atoms with Crippen LogP contribution in [0.1, 0.15) is 5.56 Å². The zero-order valence-electron chi connectivity index (χ0n) is 9.85. The Bertz CT molecular complexity index is 667. The molecule has 0 saturated carbocycles. The van der Waals surface area contributed by atoms with E-state index in [1.807, 2.05) is 0 Å². The van der Waals surface area contributed by atoms with Crippen molar-refractivity contribution >= 4 is 44.8 Å². The van der Waals surface area contributed by atoms with Gasteiger partial charge in [-0.25, -0.2) is 8.78 Å². The van der Waals surface area contributed by atoms with Crippen molar-refractivity contribution < 1.29 is 13.9 Å². The summed E-state index contributed by atoms with van der Waals surface area (Å²) in [7, 11) is 0. The van der Waals surface area contributed by atoms with Gasteiger partial charge in [0.15, 0.2) is 0 Å². The fourth-order valence-electron chi connectivity index (χ4n) is 1.60. The summed E-state index contributed by atoms with van der Waals surface area (Å²) in [4.78, 5) is 0. The lowest BCUT2D eigenvalue weighted by Gasteiger charge is -2.11. The Hall–Kier alpha value is -1.04. The highest BCUT2D eigenvalue weighted by molar-refractivity contribution is 9.10. The van der Waals surface area contributed by atoms with Crippen molar-refractivity contribution in [2.75, 3.05) is 5.32 Å². The second-order valence-corrected chi connectivity index (χ2v) is 5.69. The summed E-state index contributed by atoms with van der Waals surface area (Å²) in [5.74, 6) is -1.37. The molecule has 2 nitrogen and oxygen atoms in total. The van der Waals surface area contributed by atoms with Crippen molar-refractivity contribution in [1.29, 1.82) is 0 Å². The molecule has 7 heteroatoms. The molecule has 0 unspecified atom stereocenters. The van der Waals surface area contributed by atoms with Crippen LogP contribution >= 0.6 is 39.1 Å². The predicted octanol–water partition coefficient (Wildman–Crippen LogP) is 5.35. The topological polar surface area (TPSA) is 32.3 Å². The first-order valence-corrected chi connectivity index (χ1v) is 6.98. The molecule has 0 aliphatic rings. The molecule has 0 aliphatic carbocycles. The van der Waals surface area contributed by atoms with Crippen LogP contribution in [0.25, 0.3) is 0 Å². The molecule has 2 N–H and O–H groups in total. The number of hydrogen-bond donors (Lipinski definition) is 2. The van der Waals surface area contributed by atoms with Crippen molar-refractivity contribution in [2.45, 2.75) is 6.54 Å². The minimum Gasteiger partial charge on any atom is -0.506 e. The van der Waals surface area contributed by atoms with Gasteiger partial charge < -0.3 is 10.4 Å². The van der Waals surface area contributed by atoms with Gasteiger partial charge in [0.2, 0.25) is 0 Å². The molecule has 0 radical (unpaired) electrons. The molecule has 2 rings (SSSR count). The monoisotopic (exact) mass is 381 g/mol. The van der Waals surface area contributed by atoms with Crippen LogP contribution in [0.15, 0.2) is 28.7 Å². The number of aromatic hydroxyl groups is 1. The lowest BCUT2D eigenvalue weighted by molar-refractivity contribution is 0.469. The highest BCUT2D eigenvalue weighted by Crippen LogP contribution is 2.32. The van der Waals surface area contributed by atoms with E-state index in [9.17, 15) is 13.9 Å². The zero-order valence-corrected chi connectivity index (χ0v) is 13.0. The number of rotatable bonds is 3. The number of phenolic OH excluding ortho intramolecular Hbond substituents is 1. The van der Waals surface area contributed by atoms with Gasteiger partial charge in [-0.2, -0.15) is 0 Å². The first-order valence-electron chi connectivity index (χ1n) is 5.44. The SMILES string of the molecule is Oc1c(Cl)cc(Cl)cc1CNc1cc(F)c(Br)cc1F. The normalized spacial score (nSPS) is 10.7. The standard InChI is InChI=1S/C13H8BrCl2F2NO/c14-8-3-11(18)12(4-10(8)17)19-5-6-1-7(15)2-9(16)13(6)20/h1-4,19-20H,5H2. The van der Waals surface area contributed by atoms with Gasteiger partial charge in [0, 0.05) is 23.2 Å². The Kier molecular flexibility index (Phi) is 4.73. The van der Waals surface area contributed by atoms with E-state index >= 15 is 0 Å². The van der Waals surface area contributed by atoms with Crippen molar-refractivity contribution in [1.82, 2.24) is 0 Å². The van der Waals surface area contributed by atoms with E-state index < -0.39 is 11.6 Å². The smallest absolute Gasteiger partial charge is 0.147 e. The zero-order chi connectivity index (χ0) is 14.9. The first kappa shape index (κ1) is 15.4. The van der Waals surface area contributed by atoms with Crippen molar-refractivity contribution in [3.63, 3.8) is 0 Å². The predicted molar refractivity (Wildman–Crippen MR) is 79.5 cm³/mol. The third kappa shape index (κ3) is 3.34. The van der Waals surface area contributed by atoms with Crippen LogP contribution in [-0.2, 0) is 6.54 Å². The van der Waals surface area contributed by atoms with Crippen LogP contribution in [0, 0.1) is 11.6 Å². The average Bonchev–Trinajstić information content (AvgIpc) is 2.37. The van der Waals surface area contributed by atoms with Crippen molar-refractivity contribution in [3.05, 3.63) is 56.0 Å². The van der Waals surface area contributed by atoms with E-state index in [0.717, 1.165) is 12.1 Å². The molecule has 0 heterocycles. The van der Waals surface area contributed by atoms with E-state index in [1.165, 1.54) is 12.1 Å². The molecular formula is C13H8BrCl2F2NO. The summed E-state index contributed by atoms with van der Waals surface area (Å²) >= 11 is 14.5. The molecule has 20 heavy (non-hydrogen) atoms. The van der Waals surface area contributed by atoms with E-state index in [0.29, 0.717) is 10.6 Å². The van der Waals surface area contributed by atoms with Crippen LogP contribution in [0.3, 0.4) is 0 Å². The third-order valence-corrected chi connectivity index (χ3v) is 3.70. The highest BCUT2D eigenvalue weighted by atomic mass is 79.9. The van der Waals surface area contributed by atoms with Gasteiger partial charge >= 0.3 is 0 Å². The van der Waals surface area contributed by atoms with Gasteiger partial charge in [0.05, 0.1) is 15.2 Å². The van der Waals surface area contributed by atoms with Gasteiger partial charge in [-0.3, -0.25) is 0 Å². The number of anilines is 1. The molecule has 0 aromatic heterocycles. The summed E-state index contributed by atoms with van der Waals surface area (Å²) in [6.45, 7) is 0.0457. The Balaban J connectivity index is 2.23. The number of nitrogens with one attached hydrogen (secondary N) is 1. The summed E-state index contributed by atoms with van der Waals surface area (Å²) in [5, 5.41) is 12.9. The van der Waals surface area contributed by atoms with Crippen LogP contribution in [-0.4, -0.2) is 5.11 Å². The lowest BCUT2D eigenvalue weighted by atomic mass is 10.2. The number of benzene rings is 2. The molecule has 0 fully saturated rings. The van der Waals surface area contributed by atoms with Gasteiger partial charge in [-0.05, 0) is 34.1 Å². The maximum Gasteiger partial charge on any atom is 0.147 e. The van der Waals surface area contributed by atoms with E-state index in [-0.39, 0.29) is 27.5 Å². The summed E-state index contributed by atoms with van der Waals surface area (Å²) < 4.78 is 27.0. The summed E-state index contributed by atoms with van der Waals surface area (Å²) in [6, 6.07) is 4.91. The molecular weight excluding hydrogens is 375 g/mol. The average molecular weight is 383 g/mol. The lowest BCUT2D eigenvalue weighted by Crippen LogP contribution is -2.03. The van der Waals surface area contributed by atoms with Crippen LogP contribution in [0.4, 0.5) is 14.5 Å². The summed E-state index contributed by atoms with van der Waals surface area (Å²) in [6.07, 6.45) is 0. The maximum absolute atomic E-state index is 13.6. The van der Waals surface area contributed by atoms with Gasteiger partial charge in [-0.1, -0.05) is 23.2 Å². The quantitative estimate of drug-likeness (QED) is 0.701. The van der Waals surface area contributed by atoms with Crippen molar-refractivity contribution in [2.24, 2.45) is 0 Å². The Labute approximate surface area is 132 Å². The molecule has 2 aromatic rings. The van der Waals surface area contributed by atoms with Gasteiger partial charge in [-0.15, -0.1) is 0 Å². The largest absolute Gasteiger partial charge is 0.506 e. The first-order chi connectivity index (χ1) is 9.38. The van der Waals surface area contributed by atoms with Crippen molar-refractivity contribution in [3.8, 4) is 5.75 Å². The molecule has 0 amide bonds. The number of hydrogen-bond acceptors (Lipinski definition) is 2. The minimum atomic E-state index is -0.620. The Morgan fingerprint density at radius 1 is 1.10 bits per heavy atom. The fourth-order valence-corrected chi connectivity index (χ4v) is 2.45. The fraction of sp³-hybridized carbons (Fsp3) is 0.0769. The second-order valence-electron chi connectivity index (χ2n) is 4.00. The van der Waals surface area contributed by atoms with Crippen LogP contribution in [0.5, 0.6) is 5.75 Å². The van der Waals surface area contributed by atoms with Crippen LogP contribution < -0.4 is 5.32 Å². The van der Waals surface area contributed by atoms with Crippen LogP contribution in [0.2, 0.25) is 10.0 Å². The summed E-state index contributed by atoms with van der Waals surface area (Å²) in [5.41, 5.74) is 0.353.